The predicted octanol–water partition coefficient (Wildman–Crippen LogP) is 1.15. The fourth-order valence-corrected chi connectivity index (χ4v) is 5.06. The smallest absolute Gasteiger partial charge is 0.151 e. The van der Waals surface area contributed by atoms with Crippen molar-refractivity contribution in [1.82, 2.24) is 0 Å². The molecule has 7 heteroatoms. The molecule has 1 saturated heterocycles. The van der Waals surface area contributed by atoms with Crippen LogP contribution in [0.15, 0.2) is 18.2 Å². The Hall–Kier alpha value is -0.820. The summed E-state index contributed by atoms with van der Waals surface area (Å²) in [6, 6.07) is 4.92. The minimum Gasteiger partial charge on any atom is -0.495 e. The van der Waals surface area contributed by atoms with E-state index in [9.17, 15) is 13.5 Å². The number of hydrogen-bond acceptors (Lipinski definition) is 5. The quantitative estimate of drug-likeness (QED) is 0.868. The third-order valence-corrected chi connectivity index (χ3v) is 6.03. The number of methoxy groups -OCH3 is 1. The topological polar surface area (TPSA) is 89.6 Å². The molecule has 1 aliphatic heterocycles. The lowest BCUT2D eigenvalue weighted by Gasteiger charge is -2.32. The molecular weight excluding hydrogens is 302 g/mol. The van der Waals surface area contributed by atoms with Crippen molar-refractivity contribution in [2.75, 3.05) is 25.2 Å². The molecule has 0 spiro atoms. The highest BCUT2D eigenvalue weighted by atomic mass is 35.5. The van der Waals surface area contributed by atoms with Crippen LogP contribution in [-0.4, -0.2) is 38.7 Å². The van der Waals surface area contributed by atoms with E-state index in [1.54, 1.807) is 18.2 Å². The highest BCUT2D eigenvalue weighted by Crippen LogP contribution is 2.43. The zero-order valence-corrected chi connectivity index (χ0v) is 12.7. The van der Waals surface area contributed by atoms with Crippen LogP contribution < -0.4 is 10.5 Å². The largest absolute Gasteiger partial charge is 0.495 e. The van der Waals surface area contributed by atoms with Gasteiger partial charge in [-0.05, 0) is 24.1 Å². The van der Waals surface area contributed by atoms with E-state index in [2.05, 4.69) is 0 Å². The Morgan fingerprint density at radius 2 is 2.25 bits per heavy atom. The normalized spacial score (nSPS) is 26.4. The summed E-state index contributed by atoms with van der Waals surface area (Å²) in [5, 5.41) is 10.9. The second-order valence-corrected chi connectivity index (χ2v) is 7.80. The molecule has 2 unspecified atom stereocenters. The molecule has 1 aromatic carbocycles. The average molecular weight is 320 g/mol. The van der Waals surface area contributed by atoms with E-state index >= 15 is 0 Å². The first kappa shape index (κ1) is 15.6. The van der Waals surface area contributed by atoms with Crippen LogP contribution in [0.2, 0.25) is 5.02 Å². The van der Waals surface area contributed by atoms with Gasteiger partial charge in [-0.3, -0.25) is 0 Å². The van der Waals surface area contributed by atoms with Gasteiger partial charge in [0.05, 0.1) is 29.7 Å². The second-order valence-electron chi connectivity index (χ2n) is 5.21. The minimum atomic E-state index is -3.14. The fourth-order valence-electron chi connectivity index (χ4n) is 2.64. The number of rotatable bonds is 4. The van der Waals surface area contributed by atoms with Gasteiger partial charge in [-0.2, -0.15) is 0 Å². The summed E-state index contributed by atoms with van der Waals surface area (Å²) < 4.78 is 28.4. The molecule has 1 fully saturated rings. The molecule has 20 heavy (non-hydrogen) atoms. The van der Waals surface area contributed by atoms with Crippen molar-refractivity contribution in [2.24, 2.45) is 11.1 Å². The Labute approximate surface area is 123 Å². The number of hydrogen-bond donors (Lipinski definition) is 2. The maximum atomic E-state index is 11.7. The standard InChI is InChI=1S/C13H18ClNO4S/c1-19-11-3-2-9(6-10(11)14)12(16)13(7-15)4-5-20(17,18)8-13/h2-3,6,12,16H,4-5,7-8,15H2,1H3. The van der Waals surface area contributed by atoms with Gasteiger partial charge in [0.25, 0.3) is 0 Å². The summed E-state index contributed by atoms with van der Waals surface area (Å²) in [5.41, 5.74) is 5.46. The first-order valence-electron chi connectivity index (χ1n) is 6.25. The molecule has 0 aromatic heterocycles. The van der Waals surface area contributed by atoms with Gasteiger partial charge < -0.3 is 15.6 Å². The molecule has 5 nitrogen and oxygen atoms in total. The van der Waals surface area contributed by atoms with Crippen LogP contribution in [0, 0.1) is 5.41 Å². The highest BCUT2D eigenvalue weighted by Gasteiger charge is 2.47. The molecular formula is C13H18ClNO4S. The Balaban J connectivity index is 2.34. The van der Waals surface area contributed by atoms with Crippen molar-refractivity contribution in [2.45, 2.75) is 12.5 Å². The van der Waals surface area contributed by atoms with Crippen molar-refractivity contribution in [1.29, 1.82) is 0 Å². The van der Waals surface area contributed by atoms with Gasteiger partial charge in [0, 0.05) is 12.0 Å². The molecule has 1 aliphatic rings. The third kappa shape index (κ3) is 2.79. The molecule has 0 saturated carbocycles. The van der Waals surface area contributed by atoms with E-state index < -0.39 is 21.4 Å². The zero-order valence-electron chi connectivity index (χ0n) is 11.2. The lowest BCUT2D eigenvalue weighted by atomic mass is 9.78. The Morgan fingerprint density at radius 1 is 1.55 bits per heavy atom. The van der Waals surface area contributed by atoms with Gasteiger partial charge in [0.1, 0.15) is 5.75 Å². The lowest BCUT2D eigenvalue weighted by molar-refractivity contribution is 0.0471. The van der Waals surface area contributed by atoms with Gasteiger partial charge in [-0.25, -0.2) is 8.42 Å². The van der Waals surface area contributed by atoms with Crippen LogP contribution in [0.1, 0.15) is 18.1 Å². The fraction of sp³-hybridized carbons (Fsp3) is 0.538. The number of aliphatic hydroxyl groups is 1. The highest BCUT2D eigenvalue weighted by molar-refractivity contribution is 7.91. The van der Waals surface area contributed by atoms with E-state index in [4.69, 9.17) is 22.1 Å². The molecule has 3 N–H and O–H groups in total. The summed E-state index contributed by atoms with van der Waals surface area (Å²) in [7, 11) is -1.64. The maximum Gasteiger partial charge on any atom is 0.151 e. The Morgan fingerprint density at radius 3 is 2.70 bits per heavy atom. The van der Waals surface area contributed by atoms with Gasteiger partial charge in [0.15, 0.2) is 9.84 Å². The molecule has 1 aromatic rings. The Bertz CT molecular complexity index is 604. The Kier molecular flexibility index (Phi) is 4.30. The first-order chi connectivity index (χ1) is 9.33. The van der Waals surface area contributed by atoms with Crippen LogP contribution in [0.3, 0.4) is 0 Å². The second kappa shape index (κ2) is 5.52. The molecule has 0 aliphatic carbocycles. The van der Waals surface area contributed by atoms with Crippen LogP contribution >= 0.6 is 11.6 Å². The van der Waals surface area contributed by atoms with Crippen LogP contribution in [0.4, 0.5) is 0 Å². The molecule has 0 amide bonds. The summed E-state index contributed by atoms with van der Waals surface area (Å²) >= 11 is 6.04. The molecule has 0 radical (unpaired) electrons. The number of nitrogens with two attached hydrogens (primary N) is 1. The van der Waals surface area contributed by atoms with Gasteiger partial charge in [0.2, 0.25) is 0 Å². The number of aliphatic hydroxyl groups excluding tert-OH is 1. The van der Waals surface area contributed by atoms with Crippen molar-refractivity contribution in [3.63, 3.8) is 0 Å². The van der Waals surface area contributed by atoms with Gasteiger partial charge >= 0.3 is 0 Å². The average Bonchev–Trinajstić information content (AvgIpc) is 2.74. The number of ether oxygens (including phenoxy) is 1. The summed E-state index contributed by atoms with van der Waals surface area (Å²) in [5.74, 6) is 0.468. The zero-order chi connectivity index (χ0) is 15.0. The number of halogens is 1. The van der Waals surface area contributed by atoms with Crippen LogP contribution in [0.5, 0.6) is 5.75 Å². The van der Waals surface area contributed by atoms with Crippen LogP contribution in [0.25, 0.3) is 0 Å². The third-order valence-electron chi connectivity index (χ3n) is 3.90. The lowest BCUT2D eigenvalue weighted by Crippen LogP contribution is -2.38. The molecule has 1 heterocycles. The maximum absolute atomic E-state index is 11.7. The predicted molar refractivity (Wildman–Crippen MR) is 77.7 cm³/mol. The van der Waals surface area contributed by atoms with E-state index in [1.165, 1.54) is 7.11 Å². The van der Waals surface area contributed by atoms with Crippen molar-refractivity contribution >= 4 is 21.4 Å². The minimum absolute atomic E-state index is 0.0607. The molecule has 2 atom stereocenters. The van der Waals surface area contributed by atoms with E-state index in [-0.39, 0.29) is 18.1 Å². The summed E-state index contributed by atoms with van der Waals surface area (Å²) in [6.07, 6.45) is -0.607. The molecule has 2 rings (SSSR count). The van der Waals surface area contributed by atoms with E-state index in [1.807, 2.05) is 0 Å². The number of benzene rings is 1. The van der Waals surface area contributed by atoms with Gasteiger partial charge in [-0.1, -0.05) is 17.7 Å². The SMILES string of the molecule is COc1ccc(C(O)C2(CN)CCS(=O)(=O)C2)cc1Cl. The summed E-state index contributed by atoms with van der Waals surface area (Å²) in [6.45, 7) is 0.108. The van der Waals surface area contributed by atoms with Crippen molar-refractivity contribution in [3.8, 4) is 5.75 Å². The van der Waals surface area contributed by atoms with E-state index in [0.717, 1.165) is 0 Å². The van der Waals surface area contributed by atoms with Gasteiger partial charge in [-0.15, -0.1) is 0 Å². The van der Waals surface area contributed by atoms with E-state index in [0.29, 0.717) is 22.8 Å². The summed E-state index contributed by atoms with van der Waals surface area (Å²) in [4.78, 5) is 0. The van der Waals surface area contributed by atoms with Crippen molar-refractivity contribution < 1.29 is 18.3 Å². The first-order valence-corrected chi connectivity index (χ1v) is 8.45. The monoisotopic (exact) mass is 319 g/mol. The molecule has 112 valence electrons. The number of sulfone groups is 1. The van der Waals surface area contributed by atoms with Crippen LogP contribution in [-0.2, 0) is 9.84 Å². The van der Waals surface area contributed by atoms with Crippen molar-refractivity contribution in [3.05, 3.63) is 28.8 Å². The molecule has 0 bridgehead atoms.